The Kier molecular flexibility index (Phi) is 6.47. The molecule has 1 aromatic heterocycles. The maximum Gasteiger partial charge on any atom is 0.326 e. The number of carbonyl (C=O) groups is 2. The number of aliphatic carboxylic acids is 1. The molecule has 112 valence electrons. The first-order chi connectivity index (χ1) is 9.58. The summed E-state index contributed by atoms with van der Waals surface area (Å²) in [6, 6.07) is -1.78. The molecule has 0 aliphatic rings. The molecule has 0 radical (unpaired) electrons. The minimum atomic E-state index is -1.18. The fourth-order valence-corrected chi connectivity index (χ4v) is 1.61. The van der Waals surface area contributed by atoms with Crippen molar-refractivity contribution in [3.63, 3.8) is 0 Å². The van der Waals surface area contributed by atoms with Gasteiger partial charge in [-0.3, -0.25) is 0 Å². The number of imidazole rings is 1. The minimum absolute atomic E-state index is 0.0167. The summed E-state index contributed by atoms with van der Waals surface area (Å²) in [5, 5.41) is 29.1. The molecule has 0 saturated heterocycles. The largest absolute Gasteiger partial charge is 0.480 e. The van der Waals surface area contributed by atoms with E-state index in [1.165, 1.54) is 12.5 Å². The highest BCUT2D eigenvalue weighted by Gasteiger charge is 2.23. The molecule has 9 nitrogen and oxygen atoms in total. The van der Waals surface area contributed by atoms with Crippen LogP contribution in [0.25, 0.3) is 0 Å². The van der Waals surface area contributed by atoms with Crippen LogP contribution in [0, 0.1) is 0 Å². The maximum atomic E-state index is 11.9. The number of carboxylic acids is 1. The Balaban J connectivity index is 2.64. The van der Waals surface area contributed by atoms with Crippen LogP contribution in [-0.2, 0) is 11.2 Å². The molecule has 9 heteroatoms. The number of hydrogen-bond donors (Lipinski definition) is 5. The second-order valence-electron chi connectivity index (χ2n) is 4.06. The predicted octanol–water partition coefficient (Wildman–Crippen LogP) is -1.60. The van der Waals surface area contributed by atoms with Gasteiger partial charge in [-0.15, -0.1) is 0 Å². The van der Waals surface area contributed by atoms with Crippen molar-refractivity contribution in [3.05, 3.63) is 18.2 Å². The molecule has 1 aromatic rings. The van der Waals surface area contributed by atoms with Gasteiger partial charge in [-0.1, -0.05) is 0 Å². The van der Waals surface area contributed by atoms with Gasteiger partial charge in [-0.25, -0.2) is 14.6 Å². The van der Waals surface area contributed by atoms with Crippen molar-refractivity contribution < 1.29 is 24.9 Å². The van der Waals surface area contributed by atoms with E-state index < -0.39 is 18.0 Å². The van der Waals surface area contributed by atoms with Crippen molar-refractivity contribution in [1.29, 1.82) is 0 Å². The van der Waals surface area contributed by atoms with E-state index in [4.69, 9.17) is 15.3 Å². The second kappa shape index (κ2) is 8.12. The van der Waals surface area contributed by atoms with E-state index in [2.05, 4.69) is 15.3 Å². The van der Waals surface area contributed by atoms with Crippen molar-refractivity contribution in [2.75, 3.05) is 26.3 Å². The van der Waals surface area contributed by atoms with Crippen molar-refractivity contribution in [3.8, 4) is 0 Å². The Labute approximate surface area is 115 Å². The quantitative estimate of drug-likeness (QED) is 0.390. The number of carbonyl (C=O) groups excluding carboxylic acids is 1. The number of nitrogens with zero attached hydrogens (tertiary/aromatic N) is 2. The molecule has 1 rings (SSSR count). The number of aromatic nitrogens is 2. The summed E-state index contributed by atoms with van der Waals surface area (Å²) in [5.41, 5.74) is 0.577. The molecule has 5 N–H and O–H groups in total. The van der Waals surface area contributed by atoms with Crippen LogP contribution in [0.15, 0.2) is 12.5 Å². The number of urea groups is 1. The molecule has 0 aromatic carbocycles. The van der Waals surface area contributed by atoms with Crippen molar-refractivity contribution in [2.24, 2.45) is 0 Å². The summed E-state index contributed by atoms with van der Waals surface area (Å²) in [5.74, 6) is -1.18. The summed E-state index contributed by atoms with van der Waals surface area (Å²) in [7, 11) is 0. The number of carboxylic acid groups (broad SMARTS) is 1. The second-order valence-corrected chi connectivity index (χ2v) is 4.06. The van der Waals surface area contributed by atoms with Gasteiger partial charge >= 0.3 is 12.0 Å². The van der Waals surface area contributed by atoms with Gasteiger partial charge in [0.15, 0.2) is 0 Å². The lowest BCUT2D eigenvalue weighted by molar-refractivity contribution is -0.139. The van der Waals surface area contributed by atoms with Crippen LogP contribution < -0.4 is 5.32 Å². The fraction of sp³-hybridized carbons (Fsp3) is 0.545. The lowest BCUT2D eigenvalue weighted by atomic mass is 10.1. The maximum absolute atomic E-state index is 11.9. The third-order valence-electron chi connectivity index (χ3n) is 2.60. The van der Waals surface area contributed by atoms with Gasteiger partial charge < -0.3 is 30.5 Å². The Morgan fingerprint density at radius 2 is 2.00 bits per heavy atom. The van der Waals surface area contributed by atoms with Crippen LogP contribution in [0.4, 0.5) is 4.79 Å². The molecule has 1 heterocycles. The highest BCUT2D eigenvalue weighted by atomic mass is 16.4. The summed E-state index contributed by atoms with van der Waals surface area (Å²) in [6.45, 7) is -0.511. The smallest absolute Gasteiger partial charge is 0.326 e. The lowest BCUT2D eigenvalue weighted by Crippen LogP contribution is -2.50. The number of amides is 2. The first kappa shape index (κ1) is 15.9. The Morgan fingerprint density at radius 3 is 2.45 bits per heavy atom. The average molecular weight is 286 g/mol. The fourth-order valence-electron chi connectivity index (χ4n) is 1.61. The van der Waals surface area contributed by atoms with Crippen LogP contribution in [-0.4, -0.2) is 74.5 Å². The van der Waals surface area contributed by atoms with E-state index >= 15 is 0 Å². The molecule has 0 spiro atoms. The molecule has 0 unspecified atom stereocenters. The number of nitrogens with one attached hydrogen (secondary N) is 2. The predicted molar refractivity (Wildman–Crippen MR) is 68.0 cm³/mol. The SMILES string of the molecule is O=C(O)[C@@H](Cc1cnc[nH]1)NC(=O)N(CCO)CCO. The minimum Gasteiger partial charge on any atom is -0.480 e. The van der Waals surface area contributed by atoms with Gasteiger partial charge in [0.05, 0.1) is 19.5 Å². The van der Waals surface area contributed by atoms with E-state index in [9.17, 15) is 9.59 Å². The van der Waals surface area contributed by atoms with Crippen LogP contribution >= 0.6 is 0 Å². The van der Waals surface area contributed by atoms with E-state index in [-0.39, 0.29) is 32.7 Å². The molecule has 2 amide bonds. The van der Waals surface area contributed by atoms with Gasteiger partial charge in [0.2, 0.25) is 0 Å². The summed E-state index contributed by atoms with van der Waals surface area (Å²) >= 11 is 0. The highest BCUT2D eigenvalue weighted by molar-refractivity contribution is 5.82. The number of hydrogen-bond acceptors (Lipinski definition) is 5. The molecule has 0 aliphatic carbocycles. The Morgan fingerprint density at radius 1 is 1.35 bits per heavy atom. The Hall–Kier alpha value is -2.13. The highest BCUT2D eigenvalue weighted by Crippen LogP contribution is 2.00. The first-order valence-electron chi connectivity index (χ1n) is 6.05. The zero-order valence-corrected chi connectivity index (χ0v) is 10.8. The number of H-pyrrole nitrogens is 1. The summed E-state index contributed by atoms with van der Waals surface area (Å²) in [4.78, 5) is 30.7. The van der Waals surface area contributed by atoms with E-state index in [1.807, 2.05) is 0 Å². The summed E-state index contributed by atoms with van der Waals surface area (Å²) < 4.78 is 0. The van der Waals surface area contributed by atoms with Gasteiger partial charge in [0.1, 0.15) is 6.04 Å². The number of rotatable bonds is 8. The lowest BCUT2D eigenvalue weighted by Gasteiger charge is -2.23. The molecular weight excluding hydrogens is 268 g/mol. The molecule has 0 bridgehead atoms. The summed E-state index contributed by atoms with van der Waals surface area (Å²) in [6.07, 6.45) is 2.95. The third-order valence-corrected chi connectivity index (χ3v) is 2.60. The topological polar surface area (TPSA) is 139 Å². The third kappa shape index (κ3) is 4.86. The van der Waals surface area contributed by atoms with Gasteiger partial charge in [-0.2, -0.15) is 0 Å². The normalized spacial score (nSPS) is 11.9. The van der Waals surface area contributed by atoms with Crippen LogP contribution in [0.2, 0.25) is 0 Å². The van der Waals surface area contributed by atoms with Crippen LogP contribution in [0.5, 0.6) is 0 Å². The molecule has 0 fully saturated rings. The monoisotopic (exact) mass is 286 g/mol. The van der Waals surface area contributed by atoms with Gasteiger partial charge in [-0.05, 0) is 0 Å². The van der Waals surface area contributed by atoms with Crippen molar-refractivity contribution >= 4 is 12.0 Å². The van der Waals surface area contributed by atoms with Crippen LogP contribution in [0.1, 0.15) is 5.69 Å². The van der Waals surface area contributed by atoms with Gasteiger partial charge in [0, 0.05) is 31.4 Å². The van der Waals surface area contributed by atoms with E-state index in [0.717, 1.165) is 4.90 Å². The Bertz CT molecular complexity index is 416. The number of aliphatic hydroxyl groups excluding tert-OH is 2. The first-order valence-corrected chi connectivity index (χ1v) is 6.05. The standard InChI is InChI=1S/C11H18N4O5/c16-3-1-15(2-4-17)11(20)14-9(10(18)19)5-8-6-12-7-13-8/h6-7,9,16-17H,1-5H2,(H,12,13)(H,14,20)(H,18,19)/t9-/m1/s1. The molecule has 0 saturated carbocycles. The van der Waals surface area contributed by atoms with Crippen LogP contribution in [0.3, 0.4) is 0 Å². The molecule has 20 heavy (non-hydrogen) atoms. The average Bonchev–Trinajstić information content (AvgIpc) is 2.90. The van der Waals surface area contributed by atoms with Crippen molar-refractivity contribution in [1.82, 2.24) is 20.2 Å². The van der Waals surface area contributed by atoms with E-state index in [1.54, 1.807) is 0 Å². The molecule has 1 atom stereocenters. The molecule has 0 aliphatic heterocycles. The van der Waals surface area contributed by atoms with Crippen molar-refractivity contribution in [2.45, 2.75) is 12.5 Å². The zero-order chi connectivity index (χ0) is 15.0. The number of aromatic amines is 1. The zero-order valence-electron chi connectivity index (χ0n) is 10.8. The van der Waals surface area contributed by atoms with E-state index in [0.29, 0.717) is 5.69 Å². The van der Waals surface area contributed by atoms with Gasteiger partial charge in [0.25, 0.3) is 0 Å². The molecular formula is C11H18N4O5. The number of aliphatic hydroxyl groups is 2.